The summed E-state index contributed by atoms with van der Waals surface area (Å²) in [6, 6.07) is 4.24. The quantitative estimate of drug-likeness (QED) is 0.858. The summed E-state index contributed by atoms with van der Waals surface area (Å²) >= 11 is 3.35. The van der Waals surface area contributed by atoms with Gasteiger partial charge in [-0.15, -0.1) is 22.7 Å². The van der Waals surface area contributed by atoms with E-state index in [-0.39, 0.29) is 12.1 Å². The van der Waals surface area contributed by atoms with Crippen LogP contribution in [0.2, 0.25) is 0 Å². The maximum Gasteiger partial charge on any atom is 0.0900 e. The molecule has 0 saturated heterocycles. The molecule has 5 heteroatoms. The molecule has 0 aliphatic heterocycles. The molecule has 104 valence electrons. The van der Waals surface area contributed by atoms with Gasteiger partial charge in [-0.3, -0.25) is 0 Å². The van der Waals surface area contributed by atoms with Crippen LogP contribution in [-0.4, -0.2) is 16.1 Å². The van der Waals surface area contributed by atoms with Crippen LogP contribution in [0.1, 0.15) is 39.9 Å². The molecule has 2 heterocycles. The van der Waals surface area contributed by atoms with Gasteiger partial charge in [-0.1, -0.05) is 6.07 Å². The first-order chi connectivity index (χ1) is 9.06. The lowest BCUT2D eigenvalue weighted by molar-refractivity contribution is 0.157. The fourth-order valence-electron chi connectivity index (χ4n) is 2.02. The van der Waals surface area contributed by atoms with Crippen LogP contribution in [0.25, 0.3) is 0 Å². The van der Waals surface area contributed by atoms with Gasteiger partial charge in [0, 0.05) is 22.3 Å². The largest absolute Gasteiger partial charge is 0.388 e. The molecule has 2 N–H and O–H groups in total. The van der Waals surface area contributed by atoms with E-state index in [1.807, 2.05) is 31.4 Å². The first kappa shape index (κ1) is 14.7. The van der Waals surface area contributed by atoms with Gasteiger partial charge in [0.05, 0.1) is 16.8 Å². The second-order valence-corrected chi connectivity index (χ2v) is 7.06. The summed E-state index contributed by atoms with van der Waals surface area (Å²) in [7, 11) is 0. The van der Waals surface area contributed by atoms with Crippen molar-refractivity contribution >= 4 is 22.7 Å². The predicted octanol–water partition coefficient (Wildman–Crippen LogP) is 3.42. The molecule has 0 saturated carbocycles. The summed E-state index contributed by atoms with van der Waals surface area (Å²) in [5.74, 6) is 0. The summed E-state index contributed by atoms with van der Waals surface area (Å²) < 4.78 is 0. The Hall–Kier alpha value is -0.750. The van der Waals surface area contributed by atoms with E-state index in [1.165, 1.54) is 4.88 Å². The maximum absolute atomic E-state index is 10.1. The first-order valence-corrected chi connectivity index (χ1v) is 8.13. The SMILES string of the molecule is Cc1nc(C)c(CNC(C)CC(O)c2cccs2)s1. The number of nitrogens with zero attached hydrogens (tertiary/aromatic N) is 1. The molecule has 0 aliphatic carbocycles. The Morgan fingerprint density at radius 2 is 2.21 bits per heavy atom. The van der Waals surface area contributed by atoms with Gasteiger partial charge in [0.1, 0.15) is 0 Å². The first-order valence-electron chi connectivity index (χ1n) is 6.44. The Bertz CT molecular complexity index is 508. The Labute approximate surface area is 122 Å². The summed E-state index contributed by atoms with van der Waals surface area (Å²) in [5, 5.41) is 16.7. The van der Waals surface area contributed by atoms with E-state index in [1.54, 1.807) is 22.7 Å². The Balaban J connectivity index is 1.81. The third-order valence-electron chi connectivity index (χ3n) is 3.06. The van der Waals surface area contributed by atoms with Crippen LogP contribution in [0.3, 0.4) is 0 Å². The van der Waals surface area contributed by atoms with Crippen molar-refractivity contribution in [2.75, 3.05) is 0 Å². The van der Waals surface area contributed by atoms with Crippen molar-refractivity contribution in [1.29, 1.82) is 0 Å². The van der Waals surface area contributed by atoms with Gasteiger partial charge >= 0.3 is 0 Å². The highest BCUT2D eigenvalue weighted by Crippen LogP contribution is 2.23. The molecule has 0 aromatic carbocycles. The minimum atomic E-state index is -0.369. The molecule has 3 nitrogen and oxygen atoms in total. The number of aliphatic hydroxyl groups is 1. The molecule has 2 unspecified atom stereocenters. The minimum Gasteiger partial charge on any atom is -0.388 e. The van der Waals surface area contributed by atoms with E-state index in [4.69, 9.17) is 0 Å². The fraction of sp³-hybridized carbons (Fsp3) is 0.500. The van der Waals surface area contributed by atoms with Crippen LogP contribution < -0.4 is 5.32 Å². The number of thiazole rings is 1. The monoisotopic (exact) mass is 296 g/mol. The number of rotatable bonds is 6. The average molecular weight is 296 g/mol. The second kappa shape index (κ2) is 6.61. The van der Waals surface area contributed by atoms with Crippen molar-refractivity contribution in [1.82, 2.24) is 10.3 Å². The molecule has 0 amide bonds. The van der Waals surface area contributed by atoms with E-state index in [2.05, 4.69) is 17.2 Å². The smallest absolute Gasteiger partial charge is 0.0900 e. The Morgan fingerprint density at radius 1 is 1.42 bits per heavy atom. The Morgan fingerprint density at radius 3 is 2.79 bits per heavy atom. The lowest BCUT2D eigenvalue weighted by atomic mass is 10.1. The van der Waals surface area contributed by atoms with Crippen LogP contribution in [0, 0.1) is 13.8 Å². The molecule has 0 aliphatic rings. The lowest BCUT2D eigenvalue weighted by Crippen LogP contribution is -2.27. The molecular formula is C14H20N2OS2. The third kappa shape index (κ3) is 4.11. The Kier molecular flexibility index (Phi) is 5.10. The summed E-state index contributed by atoms with van der Waals surface area (Å²) in [4.78, 5) is 6.75. The van der Waals surface area contributed by atoms with Crippen LogP contribution in [-0.2, 0) is 6.54 Å². The van der Waals surface area contributed by atoms with Crippen LogP contribution in [0.15, 0.2) is 17.5 Å². The van der Waals surface area contributed by atoms with Crippen molar-refractivity contribution in [3.05, 3.63) is 38.0 Å². The van der Waals surface area contributed by atoms with Gasteiger partial charge in [-0.2, -0.15) is 0 Å². The summed E-state index contributed by atoms with van der Waals surface area (Å²) in [5.41, 5.74) is 1.11. The molecule has 0 spiro atoms. The molecule has 19 heavy (non-hydrogen) atoms. The van der Waals surface area contributed by atoms with Gasteiger partial charge in [0.2, 0.25) is 0 Å². The highest BCUT2D eigenvalue weighted by Gasteiger charge is 2.13. The highest BCUT2D eigenvalue weighted by molar-refractivity contribution is 7.11. The van der Waals surface area contributed by atoms with E-state index in [9.17, 15) is 5.11 Å². The topological polar surface area (TPSA) is 45.2 Å². The van der Waals surface area contributed by atoms with Crippen molar-refractivity contribution in [3.8, 4) is 0 Å². The second-order valence-electron chi connectivity index (χ2n) is 4.79. The normalized spacial score (nSPS) is 14.5. The van der Waals surface area contributed by atoms with Crippen molar-refractivity contribution < 1.29 is 5.11 Å². The number of nitrogens with one attached hydrogen (secondary N) is 1. The zero-order chi connectivity index (χ0) is 13.8. The zero-order valence-corrected chi connectivity index (χ0v) is 13.1. The predicted molar refractivity (Wildman–Crippen MR) is 81.8 cm³/mol. The summed E-state index contributed by atoms with van der Waals surface area (Å²) in [6.45, 7) is 7.02. The molecule has 0 bridgehead atoms. The maximum atomic E-state index is 10.1. The number of hydrogen-bond acceptors (Lipinski definition) is 5. The minimum absolute atomic E-state index is 0.277. The van der Waals surface area contributed by atoms with Crippen LogP contribution in [0.5, 0.6) is 0 Å². The van der Waals surface area contributed by atoms with Crippen LogP contribution in [0.4, 0.5) is 0 Å². The lowest BCUT2D eigenvalue weighted by Gasteiger charge is -2.16. The fourth-order valence-corrected chi connectivity index (χ4v) is 3.63. The number of aryl methyl sites for hydroxylation is 2. The highest BCUT2D eigenvalue weighted by atomic mass is 32.1. The van der Waals surface area contributed by atoms with Gasteiger partial charge in [-0.25, -0.2) is 4.98 Å². The van der Waals surface area contributed by atoms with Gasteiger partial charge in [-0.05, 0) is 38.6 Å². The molecule has 2 rings (SSSR count). The molecule has 2 atom stereocenters. The van der Waals surface area contributed by atoms with Crippen molar-refractivity contribution in [2.24, 2.45) is 0 Å². The van der Waals surface area contributed by atoms with E-state index < -0.39 is 0 Å². The number of hydrogen-bond donors (Lipinski definition) is 2. The molecule has 2 aromatic heterocycles. The van der Waals surface area contributed by atoms with Crippen molar-refractivity contribution in [3.63, 3.8) is 0 Å². The molecule has 0 radical (unpaired) electrons. The third-order valence-corrected chi connectivity index (χ3v) is 5.11. The summed E-state index contributed by atoms with van der Waals surface area (Å²) in [6.07, 6.45) is 0.365. The molecule has 0 fully saturated rings. The standard InChI is InChI=1S/C14H20N2OS2/c1-9(7-12(17)13-5-4-6-18-13)15-8-14-10(2)16-11(3)19-14/h4-6,9,12,15,17H,7-8H2,1-3H3. The van der Waals surface area contributed by atoms with Gasteiger partial charge < -0.3 is 10.4 Å². The molecular weight excluding hydrogens is 276 g/mol. The van der Waals surface area contributed by atoms with E-state index in [0.29, 0.717) is 0 Å². The average Bonchev–Trinajstić information content (AvgIpc) is 2.96. The zero-order valence-electron chi connectivity index (χ0n) is 11.5. The molecule has 2 aromatic rings. The number of thiophene rings is 1. The van der Waals surface area contributed by atoms with Gasteiger partial charge in [0.15, 0.2) is 0 Å². The van der Waals surface area contributed by atoms with Crippen LogP contribution >= 0.6 is 22.7 Å². The number of aromatic nitrogens is 1. The van der Waals surface area contributed by atoms with Gasteiger partial charge in [0.25, 0.3) is 0 Å². The van der Waals surface area contributed by atoms with E-state index >= 15 is 0 Å². The van der Waals surface area contributed by atoms with E-state index in [0.717, 1.165) is 28.5 Å². The number of aliphatic hydroxyl groups excluding tert-OH is 1. The van der Waals surface area contributed by atoms with Crippen molar-refractivity contribution in [2.45, 2.75) is 45.9 Å².